The van der Waals surface area contributed by atoms with Crippen LogP contribution >= 0.6 is 11.3 Å². The van der Waals surface area contributed by atoms with Gasteiger partial charge >= 0.3 is 6.18 Å². The summed E-state index contributed by atoms with van der Waals surface area (Å²) >= 11 is 1.07. The quantitative estimate of drug-likeness (QED) is 0.564. The van der Waals surface area contributed by atoms with Gasteiger partial charge in [-0.1, -0.05) is 0 Å². The lowest BCUT2D eigenvalue weighted by Gasteiger charge is -2.29. The lowest BCUT2D eigenvalue weighted by molar-refractivity contribution is -0.157. The number of hydrogen-bond donors (Lipinski definition) is 0. The molecule has 0 bridgehead atoms. The van der Waals surface area contributed by atoms with Gasteiger partial charge in [-0.2, -0.15) is 13.2 Å². The lowest BCUT2D eigenvalue weighted by Crippen LogP contribution is -2.47. The van der Waals surface area contributed by atoms with E-state index in [2.05, 4.69) is 10.9 Å². The molecule has 1 aromatic heterocycles. The first-order valence-corrected chi connectivity index (χ1v) is 10.9. The molecule has 0 spiro atoms. The fourth-order valence-corrected chi connectivity index (χ4v) is 4.09. The largest absolute Gasteiger partial charge is 0.497 e. The van der Waals surface area contributed by atoms with Crippen LogP contribution in [0.15, 0.2) is 23.6 Å². The first kappa shape index (κ1) is 24.4. The number of anilines is 1. The Labute approximate surface area is 193 Å². The molecule has 2 aromatic rings. The van der Waals surface area contributed by atoms with Crippen LogP contribution in [0.1, 0.15) is 35.8 Å². The minimum Gasteiger partial charge on any atom is -0.497 e. The van der Waals surface area contributed by atoms with Crippen molar-refractivity contribution in [1.82, 2.24) is 9.88 Å². The maximum absolute atomic E-state index is 13.5. The number of terminal acetylenes is 1. The predicted molar refractivity (Wildman–Crippen MR) is 117 cm³/mol. The van der Waals surface area contributed by atoms with E-state index in [9.17, 15) is 22.8 Å². The zero-order chi connectivity index (χ0) is 24.3. The van der Waals surface area contributed by atoms with Gasteiger partial charge in [-0.3, -0.25) is 14.5 Å². The van der Waals surface area contributed by atoms with E-state index in [0.29, 0.717) is 16.4 Å². The van der Waals surface area contributed by atoms with Crippen LogP contribution in [0.2, 0.25) is 0 Å². The normalized spacial score (nSPS) is 16.1. The molecule has 11 heteroatoms. The number of aromatic nitrogens is 1. The Balaban J connectivity index is 2.06. The van der Waals surface area contributed by atoms with Gasteiger partial charge in [0.2, 0.25) is 5.91 Å². The summed E-state index contributed by atoms with van der Waals surface area (Å²) in [7, 11) is 1.43. The average molecular weight is 481 g/mol. The van der Waals surface area contributed by atoms with Crippen molar-refractivity contribution in [3.8, 4) is 23.8 Å². The van der Waals surface area contributed by atoms with Crippen LogP contribution in [0.4, 0.5) is 18.9 Å². The summed E-state index contributed by atoms with van der Waals surface area (Å²) in [4.78, 5) is 32.3. The number of carbonyl (C=O) groups is 2. The highest BCUT2D eigenvalue weighted by molar-refractivity contribution is 7.10. The van der Waals surface area contributed by atoms with Gasteiger partial charge in [-0.25, -0.2) is 4.98 Å². The molecule has 3 rings (SSSR count). The molecule has 1 unspecified atom stereocenters. The molecule has 1 aliphatic rings. The van der Waals surface area contributed by atoms with Gasteiger partial charge in [-0.15, -0.1) is 17.8 Å². The minimum absolute atomic E-state index is 0.0100. The first-order chi connectivity index (χ1) is 15.5. The third-order valence-corrected chi connectivity index (χ3v) is 5.54. The van der Waals surface area contributed by atoms with Crippen LogP contribution in [-0.4, -0.2) is 60.2 Å². The van der Waals surface area contributed by atoms with Gasteiger partial charge in [-0.05, 0) is 26.2 Å². The molecule has 176 valence electrons. The van der Waals surface area contributed by atoms with Crippen molar-refractivity contribution in [3.05, 3.63) is 34.3 Å². The Morgan fingerprint density at radius 2 is 2.06 bits per heavy atom. The smallest absolute Gasteiger partial charge is 0.406 e. The fourth-order valence-electron chi connectivity index (χ4n) is 3.49. The Morgan fingerprint density at radius 3 is 2.64 bits per heavy atom. The van der Waals surface area contributed by atoms with Crippen molar-refractivity contribution in [3.63, 3.8) is 0 Å². The number of likely N-dealkylation sites (tertiary alicyclic amines) is 1. The first-order valence-electron chi connectivity index (χ1n) is 9.99. The van der Waals surface area contributed by atoms with Gasteiger partial charge in [0.15, 0.2) is 5.01 Å². The third kappa shape index (κ3) is 5.76. The van der Waals surface area contributed by atoms with E-state index in [1.54, 1.807) is 6.07 Å². The number of halogens is 3. The molecule has 1 fully saturated rings. The van der Waals surface area contributed by atoms with Gasteiger partial charge in [0.1, 0.15) is 29.8 Å². The number of benzene rings is 1. The van der Waals surface area contributed by atoms with Crippen LogP contribution < -0.4 is 14.4 Å². The number of nitrogens with zero attached hydrogens (tertiary/aromatic N) is 3. The molecule has 0 N–H and O–H groups in total. The molecule has 1 saturated heterocycles. The molecule has 1 aromatic carbocycles. The Kier molecular flexibility index (Phi) is 7.17. The Hall–Kier alpha value is -3.26. The SMILES string of the molecule is C#Cc1nc(C(=O)N(c2cc(OC)cc(OC(C)C)c2)C2CCN(CC(F)(F)F)C2=O)cs1. The summed E-state index contributed by atoms with van der Waals surface area (Å²) < 4.78 is 49.8. The average Bonchev–Trinajstić information content (AvgIpc) is 3.34. The van der Waals surface area contributed by atoms with Crippen molar-refractivity contribution in [2.45, 2.75) is 38.6 Å². The third-order valence-electron chi connectivity index (χ3n) is 4.77. The van der Waals surface area contributed by atoms with Crippen LogP contribution in [0.3, 0.4) is 0 Å². The zero-order valence-corrected chi connectivity index (χ0v) is 19.0. The van der Waals surface area contributed by atoms with E-state index in [0.717, 1.165) is 16.2 Å². The van der Waals surface area contributed by atoms with E-state index >= 15 is 0 Å². The number of alkyl halides is 3. The monoisotopic (exact) mass is 481 g/mol. The number of hydrogen-bond acceptors (Lipinski definition) is 6. The number of methoxy groups -OCH3 is 1. The number of rotatable bonds is 7. The predicted octanol–water partition coefficient (Wildman–Crippen LogP) is 3.73. The standard InChI is InChI=1S/C22H22F3N3O4S/c1-5-19-26-17(11-33-19)20(29)28(18-6-7-27(21(18)30)12-22(23,24)25)14-8-15(31-4)10-16(9-14)32-13(2)3/h1,8-11,13,18H,6-7,12H2,2-4H3. The Bertz CT molecular complexity index is 1080. The number of thiazole rings is 1. The van der Waals surface area contributed by atoms with Crippen LogP contribution in [0.25, 0.3) is 0 Å². The van der Waals surface area contributed by atoms with E-state index < -0.39 is 30.6 Å². The molecule has 0 aliphatic carbocycles. The second kappa shape index (κ2) is 9.70. The summed E-state index contributed by atoms with van der Waals surface area (Å²) in [6, 6.07) is 3.50. The van der Waals surface area contributed by atoms with E-state index in [4.69, 9.17) is 15.9 Å². The maximum Gasteiger partial charge on any atom is 0.406 e. The van der Waals surface area contributed by atoms with Gasteiger partial charge in [0, 0.05) is 30.1 Å². The second-order valence-electron chi connectivity index (χ2n) is 7.57. The second-order valence-corrected chi connectivity index (χ2v) is 8.43. The molecular formula is C22H22F3N3O4S. The number of ether oxygens (including phenoxy) is 2. The van der Waals surface area contributed by atoms with Crippen LogP contribution in [-0.2, 0) is 4.79 Å². The van der Waals surface area contributed by atoms with E-state index in [1.807, 2.05) is 13.8 Å². The molecule has 1 atom stereocenters. The van der Waals surface area contributed by atoms with E-state index in [1.165, 1.54) is 24.6 Å². The molecule has 0 saturated carbocycles. The Morgan fingerprint density at radius 1 is 1.36 bits per heavy atom. The summed E-state index contributed by atoms with van der Waals surface area (Å²) in [5.41, 5.74) is 0.224. The van der Waals surface area contributed by atoms with Gasteiger partial charge in [0.05, 0.1) is 18.9 Å². The highest BCUT2D eigenvalue weighted by Crippen LogP contribution is 2.34. The van der Waals surface area contributed by atoms with Crippen molar-refractivity contribution in [1.29, 1.82) is 0 Å². The summed E-state index contributed by atoms with van der Waals surface area (Å²) in [5.74, 6) is 1.59. The van der Waals surface area contributed by atoms with Crippen LogP contribution in [0, 0.1) is 12.3 Å². The van der Waals surface area contributed by atoms with Crippen molar-refractivity contribution in [2.75, 3.05) is 25.1 Å². The van der Waals surface area contributed by atoms with Gasteiger partial charge in [0.25, 0.3) is 5.91 Å². The number of carbonyl (C=O) groups excluding carboxylic acids is 2. The summed E-state index contributed by atoms with van der Waals surface area (Å²) in [5, 5.41) is 1.72. The van der Waals surface area contributed by atoms with Crippen molar-refractivity contribution >= 4 is 28.8 Å². The molecule has 33 heavy (non-hydrogen) atoms. The molecular weight excluding hydrogens is 459 g/mol. The molecule has 1 aliphatic heterocycles. The molecule has 0 radical (unpaired) electrons. The van der Waals surface area contributed by atoms with Crippen molar-refractivity contribution in [2.24, 2.45) is 0 Å². The number of amides is 2. The molecule has 2 heterocycles. The molecule has 2 amide bonds. The highest BCUT2D eigenvalue weighted by atomic mass is 32.1. The topological polar surface area (TPSA) is 72.0 Å². The lowest BCUT2D eigenvalue weighted by atomic mass is 10.1. The summed E-state index contributed by atoms with van der Waals surface area (Å²) in [6.45, 7) is 2.10. The van der Waals surface area contributed by atoms with Crippen molar-refractivity contribution < 1.29 is 32.2 Å². The van der Waals surface area contributed by atoms with E-state index in [-0.39, 0.29) is 35.5 Å². The maximum atomic E-state index is 13.5. The zero-order valence-electron chi connectivity index (χ0n) is 18.2. The highest BCUT2D eigenvalue weighted by Gasteiger charge is 2.44. The molecule has 7 nitrogen and oxygen atoms in total. The van der Waals surface area contributed by atoms with Crippen LogP contribution in [0.5, 0.6) is 11.5 Å². The summed E-state index contributed by atoms with van der Waals surface area (Å²) in [6.07, 6.45) is 0.622. The minimum atomic E-state index is -4.55. The van der Waals surface area contributed by atoms with Gasteiger partial charge < -0.3 is 14.4 Å². The fraction of sp³-hybridized carbons (Fsp3) is 0.409.